The molecule has 1 atom stereocenters. The predicted octanol–water partition coefficient (Wildman–Crippen LogP) is 21.9. The van der Waals surface area contributed by atoms with Gasteiger partial charge in [0.15, 0.2) is 6.10 Å². The summed E-state index contributed by atoms with van der Waals surface area (Å²) in [5.74, 6) is -0.867. The summed E-state index contributed by atoms with van der Waals surface area (Å²) in [5, 5.41) is 0. The summed E-state index contributed by atoms with van der Waals surface area (Å²) in [6, 6.07) is 0. The Morgan fingerprint density at radius 1 is 0.270 bits per heavy atom. The third kappa shape index (κ3) is 60.0. The molecule has 1 unspecified atom stereocenters. The van der Waals surface area contributed by atoms with Gasteiger partial charge in [0.25, 0.3) is 0 Å². The first kappa shape index (κ1) is 71.1. The van der Waals surface area contributed by atoms with Crippen LogP contribution in [-0.4, -0.2) is 37.2 Å². The average Bonchev–Trinajstić information content (AvgIpc) is 3.40. The molecule has 6 heteroatoms. The molecule has 0 rings (SSSR count). The maximum absolute atomic E-state index is 12.9. The second-order valence-corrected chi connectivity index (χ2v) is 21.7. The van der Waals surface area contributed by atoms with Crippen LogP contribution in [0.3, 0.4) is 0 Å². The molecule has 0 saturated carbocycles. The van der Waals surface area contributed by atoms with Crippen molar-refractivity contribution in [3.8, 4) is 0 Å². The van der Waals surface area contributed by atoms with E-state index in [9.17, 15) is 14.4 Å². The van der Waals surface area contributed by atoms with Gasteiger partial charge in [-0.2, -0.15) is 0 Å². The van der Waals surface area contributed by atoms with Crippen LogP contribution >= 0.6 is 0 Å². The van der Waals surface area contributed by atoms with Crippen LogP contribution in [0.25, 0.3) is 0 Å². The summed E-state index contributed by atoms with van der Waals surface area (Å²) in [4.78, 5) is 38.1. The number of hydrogen-bond acceptors (Lipinski definition) is 6. The first-order chi connectivity index (χ1) is 36.5. The van der Waals surface area contributed by atoms with Crippen molar-refractivity contribution in [3.05, 3.63) is 60.8 Å². The Balaban J connectivity index is 4.12. The molecule has 0 aliphatic carbocycles. The van der Waals surface area contributed by atoms with Crippen LogP contribution in [0.15, 0.2) is 60.8 Å². The standard InChI is InChI=1S/C68H122O6/c1-4-7-10-13-16-19-21-23-25-27-29-30-31-32-33-34-35-36-37-38-40-41-43-45-47-49-52-55-58-61-67(70)73-64-65(63-72-66(69)60-57-54-51-18-15-12-9-6-3)74-68(71)62-59-56-53-50-48-46-44-42-39-28-26-24-22-20-17-14-11-8-5-2/h17,20-21,23-24,26-27,29,31-32,65H,4-16,18-19,22,25,28,30,33-64H2,1-3H3/b20-17-,23-21-,26-24-,29-27-,32-31-. The topological polar surface area (TPSA) is 78.9 Å². The quantitative estimate of drug-likeness (QED) is 0.0261. The second-order valence-electron chi connectivity index (χ2n) is 21.7. The van der Waals surface area contributed by atoms with E-state index in [1.165, 1.54) is 218 Å². The Morgan fingerprint density at radius 2 is 0.486 bits per heavy atom. The van der Waals surface area contributed by atoms with Crippen LogP contribution in [0.2, 0.25) is 0 Å². The highest BCUT2D eigenvalue weighted by molar-refractivity contribution is 5.71. The zero-order valence-electron chi connectivity index (χ0n) is 49.4. The zero-order valence-corrected chi connectivity index (χ0v) is 49.4. The SMILES string of the molecule is CCCCC/C=C\C/C=C\CCCCCCCCCCCC(=O)OC(COC(=O)CCCCCCCCCC)COC(=O)CCCCCCCCCCCCCCCC/C=C\C/C=C\C/C=C\CCCCCCC. The first-order valence-electron chi connectivity index (χ1n) is 32.3. The zero-order chi connectivity index (χ0) is 53.6. The smallest absolute Gasteiger partial charge is 0.306 e. The Hall–Kier alpha value is -2.89. The summed E-state index contributed by atoms with van der Waals surface area (Å²) < 4.78 is 16.9. The lowest BCUT2D eigenvalue weighted by molar-refractivity contribution is -0.167. The number of carbonyl (C=O) groups excluding carboxylic acids is 3. The molecule has 0 heterocycles. The number of unbranched alkanes of at least 4 members (excludes halogenated alkanes) is 38. The first-order valence-corrected chi connectivity index (χ1v) is 32.3. The average molecular weight is 1040 g/mol. The predicted molar refractivity (Wildman–Crippen MR) is 321 cm³/mol. The Labute approximate surface area is 460 Å². The molecule has 0 fully saturated rings. The Kier molecular flexibility index (Phi) is 60.2. The largest absolute Gasteiger partial charge is 0.462 e. The molecule has 0 amide bonds. The number of hydrogen-bond donors (Lipinski definition) is 0. The molecule has 0 N–H and O–H groups in total. The van der Waals surface area contributed by atoms with Crippen molar-refractivity contribution in [2.75, 3.05) is 13.2 Å². The Bertz CT molecular complexity index is 1330. The highest BCUT2D eigenvalue weighted by Crippen LogP contribution is 2.17. The van der Waals surface area contributed by atoms with Gasteiger partial charge < -0.3 is 14.2 Å². The monoisotopic (exact) mass is 1030 g/mol. The molecule has 0 aliphatic heterocycles. The number of ether oxygens (including phenoxy) is 3. The third-order valence-electron chi connectivity index (χ3n) is 14.2. The van der Waals surface area contributed by atoms with E-state index in [2.05, 4.69) is 81.5 Å². The van der Waals surface area contributed by atoms with Gasteiger partial charge in [0.05, 0.1) is 0 Å². The van der Waals surface area contributed by atoms with Crippen molar-refractivity contribution in [2.45, 2.75) is 341 Å². The van der Waals surface area contributed by atoms with Crippen molar-refractivity contribution in [1.82, 2.24) is 0 Å². The normalized spacial score (nSPS) is 12.4. The van der Waals surface area contributed by atoms with Gasteiger partial charge in [0.2, 0.25) is 0 Å². The molecular weight excluding hydrogens is 913 g/mol. The van der Waals surface area contributed by atoms with Gasteiger partial charge in [-0.05, 0) is 89.9 Å². The number of carbonyl (C=O) groups is 3. The lowest BCUT2D eigenvalue weighted by Gasteiger charge is -2.18. The van der Waals surface area contributed by atoms with Crippen molar-refractivity contribution in [1.29, 1.82) is 0 Å². The van der Waals surface area contributed by atoms with Crippen molar-refractivity contribution >= 4 is 17.9 Å². The van der Waals surface area contributed by atoms with Crippen molar-refractivity contribution in [2.24, 2.45) is 0 Å². The summed E-state index contributed by atoms with van der Waals surface area (Å²) in [5.41, 5.74) is 0. The maximum Gasteiger partial charge on any atom is 0.306 e. The van der Waals surface area contributed by atoms with Crippen LogP contribution in [0.1, 0.15) is 335 Å². The molecule has 0 aliphatic rings. The molecule has 0 radical (unpaired) electrons. The van der Waals surface area contributed by atoms with Crippen molar-refractivity contribution < 1.29 is 28.6 Å². The van der Waals surface area contributed by atoms with E-state index < -0.39 is 6.10 Å². The van der Waals surface area contributed by atoms with Crippen LogP contribution in [0, 0.1) is 0 Å². The van der Waals surface area contributed by atoms with Crippen molar-refractivity contribution in [3.63, 3.8) is 0 Å². The van der Waals surface area contributed by atoms with E-state index >= 15 is 0 Å². The number of esters is 3. The van der Waals surface area contributed by atoms with E-state index in [4.69, 9.17) is 14.2 Å². The third-order valence-corrected chi connectivity index (χ3v) is 14.2. The van der Waals surface area contributed by atoms with Crippen LogP contribution < -0.4 is 0 Å². The molecule has 430 valence electrons. The summed E-state index contributed by atoms with van der Waals surface area (Å²) in [6.45, 7) is 6.61. The fraction of sp³-hybridized carbons (Fsp3) is 0.809. The summed E-state index contributed by atoms with van der Waals surface area (Å²) in [7, 11) is 0. The molecule has 0 aromatic heterocycles. The van der Waals surface area contributed by atoms with Gasteiger partial charge in [-0.3, -0.25) is 14.4 Å². The fourth-order valence-corrected chi connectivity index (χ4v) is 9.36. The highest BCUT2D eigenvalue weighted by Gasteiger charge is 2.19. The molecule has 0 saturated heterocycles. The van der Waals surface area contributed by atoms with E-state index in [1.807, 2.05) is 0 Å². The van der Waals surface area contributed by atoms with E-state index in [1.54, 1.807) is 0 Å². The maximum atomic E-state index is 12.9. The van der Waals surface area contributed by atoms with Crippen LogP contribution in [0.4, 0.5) is 0 Å². The lowest BCUT2D eigenvalue weighted by atomic mass is 10.0. The van der Waals surface area contributed by atoms with Gasteiger partial charge in [0.1, 0.15) is 13.2 Å². The summed E-state index contributed by atoms with van der Waals surface area (Å²) in [6.07, 6.45) is 79.6. The summed E-state index contributed by atoms with van der Waals surface area (Å²) >= 11 is 0. The molecule has 74 heavy (non-hydrogen) atoms. The van der Waals surface area contributed by atoms with Crippen LogP contribution in [-0.2, 0) is 28.6 Å². The van der Waals surface area contributed by atoms with Gasteiger partial charge in [-0.25, -0.2) is 0 Å². The Morgan fingerprint density at radius 3 is 0.784 bits per heavy atom. The highest BCUT2D eigenvalue weighted by atomic mass is 16.6. The number of allylic oxidation sites excluding steroid dienone is 10. The minimum atomic E-state index is -0.774. The van der Waals surface area contributed by atoms with Crippen LogP contribution in [0.5, 0.6) is 0 Å². The molecular formula is C68H122O6. The second kappa shape index (κ2) is 62.6. The van der Waals surface area contributed by atoms with Gasteiger partial charge in [0, 0.05) is 19.3 Å². The van der Waals surface area contributed by atoms with E-state index in [0.29, 0.717) is 19.3 Å². The fourth-order valence-electron chi connectivity index (χ4n) is 9.36. The van der Waals surface area contributed by atoms with Gasteiger partial charge >= 0.3 is 17.9 Å². The molecule has 0 aromatic rings. The van der Waals surface area contributed by atoms with Gasteiger partial charge in [-0.15, -0.1) is 0 Å². The molecule has 0 bridgehead atoms. The molecule has 0 spiro atoms. The van der Waals surface area contributed by atoms with E-state index in [0.717, 1.165) is 77.0 Å². The minimum absolute atomic E-state index is 0.0729. The molecule has 6 nitrogen and oxygen atoms in total. The lowest BCUT2D eigenvalue weighted by Crippen LogP contribution is -2.30. The van der Waals surface area contributed by atoms with Gasteiger partial charge in [-0.1, -0.05) is 287 Å². The van der Waals surface area contributed by atoms with E-state index in [-0.39, 0.29) is 31.1 Å². The molecule has 0 aromatic carbocycles. The number of rotatable bonds is 59. The minimum Gasteiger partial charge on any atom is -0.462 e.